The molecule has 0 amide bonds. The van der Waals surface area contributed by atoms with Crippen molar-refractivity contribution in [3.63, 3.8) is 0 Å². The molecule has 25 heavy (non-hydrogen) atoms. The van der Waals surface area contributed by atoms with Gasteiger partial charge in [-0.15, -0.1) is 0 Å². The van der Waals surface area contributed by atoms with Crippen LogP contribution in [0.25, 0.3) is 0 Å². The Morgan fingerprint density at radius 2 is 1.72 bits per heavy atom. The minimum atomic E-state index is 0.428. The van der Waals surface area contributed by atoms with Crippen LogP contribution in [0.4, 0.5) is 5.69 Å². The Balaban J connectivity index is 1.67. The third kappa shape index (κ3) is 4.45. The lowest BCUT2D eigenvalue weighted by Crippen LogP contribution is -2.43. The van der Waals surface area contributed by atoms with Crippen LogP contribution < -0.4 is 14.8 Å². The van der Waals surface area contributed by atoms with Gasteiger partial charge < -0.3 is 14.8 Å². The van der Waals surface area contributed by atoms with Crippen molar-refractivity contribution in [1.82, 2.24) is 4.90 Å². The van der Waals surface area contributed by atoms with Crippen LogP contribution in [-0.4, -0.2) is 38.3 Å². The maximum Gasteiger partial charge on any atom is 0.124 e. The van der Waals surface area contributed by atoms with Gasteiger partial charge in [-0.1, -0.05) is 30.3 Å². The van der Waals surface area contributed by atoms with Crippen molar-refractivity contribution >= 4 is 5.69 Å². The molecule has 1 saturated heterocycles. The van der Waals surface area contributed by atoms with Gasteiger partial charge in [0.15, 0.2) is 0 Å². The van der Waals surface area contributed by atoms with Crippen LogP contribution in [0.5, 0.6) is 11.5 Å². The number of hydrogen-bond donors (Lipinski definition) is 1. The number of benzene rings is 2. The Morgan fingerprint density at radius 1 is 1.04 bits per heavy atom. The fourth-order valence-electron chi connectivity index (χ4n) is 3.54. The fraction of sp³-hybridized carbons (Fsp3) is 0.429. The van der Waals surface area contributed by atoms with E-state index in [1.165, 1.54) is 18.4 Å². The van der Waals surface area contributed by atoms with Crippen LogP contribution >= 0.6 is 0 Å². The molecule has 1 aliphatic rings. The summed E-state index contributed by atoms with van der Waals surface area (Å²) in [6.07, 6.45) is 2.38. The molecule has 2 atom stereocenters. The summed E-state index contributed by atoms with van der Waals surface area (Å²) in [5, 5.41) is 3.66. The second-order valence-corrected chi connectivity index (χ2v) is 6.67. The van der Waals surface area contributed by atoms with Crippen LogP contribution in [0.2, 0.25) is 0 Å². The quantitative estimate of drug-likeness (QED) is 0.848. The summed E-state index contributed by atoms with van der Waals surface area (Å²) in [7, 11) is 3.37. The normalized spacial score (nSPS) is 19.2. The van der Waals surface area contributed by atoms with Crippen molar-refractivity contribution in [2.24, 2.45) is 0 Å². The zero-order valence-corrected chi connectivity index (χ0v) is 15.4. The number of likely N-dealkylation sites (tertiary alicyclic amines) is 1. The van der Waals surface area contributed by atoms with Crippen LogP contribution in [0.3, 0.4) is 0 Å². The highest BCUT2D eigenvalue weighted by Gasteiger charge is 2.24. The molecule has 1 fully saturated rings. The second-order valence-electron chi connectivity index (χ2n) is 6.67. The van der Waals surface area contributed by atoms with Crippen molar-refractivity contribution in [3.8, 4) is 11.5 Å². The van der Waals surface area contributed by atoms with Gasteiger partial charge in [-0.3, -0.25) is 4.90 Å². The smallest absolute Gasteiger partial charge is 0.124 e. The van der Waals surface area contributed by atoms with E-state index in [1.54, 1.807) is 14.2 Å². The summed E-state index contributed by atoms with van der Waals surface area (Å²) < 4.78 is 10.7. The molecule has 0 radical (unpaired) electrons. The predicted octanol–water partition coefficient (Wildman–Crippen LogP) is 4.34. The molecule has 0 spiro atoms. The predicted molar refractivity (Wildman–Crippen MR) is 103 cm³/mol. The maximum atomic E-state index is 5.37. The molecule has 2 aromatic carbocycles. The summed E-state index contributed by atoms with van der Waals surface area (Å²) >= 11 is 0. The molecule has 4 nitrogen and oxygen atoms in total. The minimum absolute atomic E-state index is 0.428. The maximum absolute atomic E-state index is 5.37. The van der Waals surface area contributed by atoms with Crippen molar-refractivity contribution in [3.05, 3.63) is 54.1 Å². The number of nitrogens with zero attached hydrogens (tertiary/aromatic N) is 1. The van der Waals surface area contributed by atoms with Crippen molar-refractivity contribution < 1.29 is 9.47 Å². The third-order valence-electron chi connectivity index (χ3n) is 5.00. The molecule has 134 valence electrons. The first-order valence-electron chi connectivity index (χ1n) is 8.98. The number of hydrogen-bond acceptors (Lipinski definition) is 4. The Bertz CT molecular complexity index is 653. The minimum Gasteiger partial charge on any atom is -0.497 e. The molecule has 1 aliphatic heterocycles. The number of rotatable bonds is 6. The summed E-state index contributed by atoms with van der Waals surface area (Å²) in [6, 6.07) is 17.6. The molecule has 4 heteroatoms. The standard InChI is InChI=1S/C21H28N2O2/c1-16(17-8-5-4-6-9-17)23-11-7-10-18(15-23)22-19-12-20(24-2)14-21(13-19)25-3/h4-6,8-9,12-14,16,18,22H,7,10-11,15H2,1-3H3/t16?,18-/m1/s1. The Labute approximate surface area is 150 Å². The van der Waals surface area contributed by atoms with E-state index < -0.39 is 0 Å². The van der Waals surface area contributed by atoms with E-state index in [1.807, 2.05) is 18.2 Å². The molecule has 0 aliphatic carbocycles. The fourth-order valence-corrected chi connectivity index (χ4v) is 3.54. The van der Waals surface area contributed by atoms with E-state index in [4.69, 9.17) is 9.47 Å². The molecule has 1 unspecified atom stereocenters. The highest BCUT2D eigenvalue weighted by atomic mass is 16.5. The average molecular weight is 340 g/mol. The van der Waals surface area contributed by atoms with Crippen molar-refractivity contribution in [2.75, 3.05) is 32.6 Å². The SMILES string of the molecule is COc1cc(N[C@@H]2CCCN(C(C)c3ccccc3)C2)cc(OC)c1. The molecule has 0 aromatic heterocycles. The first kappa shape index (κ1) is 17.6. The van der Waals surface area contributed by atoms with Crippen LogP contribution in [0.1, 0.15) is 31.4 Å². The van der Waals surface area contributed by atoms with E-state index in [9.17, 15) is 0 Å². The summed E-state index contributed by atoms with van der Waals surface area (Å²) in [6.45, 7) is 4.48. The average Bonchev–Trinajstić information content (AvgIpc) is 2.68. The lowest BCUT2D eigenvalue weighted by atomic mass is 10.00. The first-order chi connectivity index (χ1) is 12.2. The number of methoxy groups -OCH3 is 2. The highest BCUT2D eigenvalue weighted by molar-refractivity contribution is 5.54. The van der Waals surface area contributed by atoms with E-state index >= 15 is 0 Å². The van der Waals surface area contributed by atoms with Gasteiger partial charge in [-0.25, -0.2) is 0 Å². The number of nitrogens with one attached hydrogen (secondary N) is 1. The molecule has 0 bridgehead atoms. The second kappa shape index (κ2) is 8.26. The number of piperidine rings is 1. The third-order valence-corrected chi connectivity index (χ3v) is 5.00. The molecular weight excluding hydrogens is 312 g/mol. The molecule has 1 N–H and O–H groups in total. The van der Waals surface area contributed by atoms with Crippen molar-refractivity contribution in [2.45, 2.75) is 31.8 Å². The summed E-state index contributed by atoms with van der Waals surface area (Å²) in [5.41, 5.74) is 2.43. The van der Waals surface area contributed by atoms with Gasteiger partial charge >= 0.3 is 0 Å². The monoisotopic (exact) mass is 340 g/mol. The molecule has 0 saturated carbocycles. The van der Waals surface area contributed by atoms with Gasteiger partial charge in [0.25, 0.3) is 0 Å². The van der Waals surface area contributed by atoms with E-state index in [2.05, 4.69) is 47.5 Å². The van der Waals surface area contributed by atoms with Gasteiger partial charge in [0, 0.05) is 42.5 Å². The van der Waals surface area contributed by atoms with Crippen LogP contribution in [-0.2, 0) is 0 Å². The zero-order valence-electron chi connectivity index (χ0n) is 15.4. The van der Waals surface area contributed by atoms with Crippen molar-refractivity contribution in [1.29, 1.82) is 0 Å². The Kier molecular flexibility index (Phi) is 5.82. The lowest BCUT2D eigenvalue weighted by molar-refractivity contribution is 0.165. The van der Waals surface area contributed by atoms with E-state index in [0.29, 0.717) is 12.1 Å². The van der Waals surface area contributed by atoms with Gasteiger partial charge in [-0.05, 0) is 31.9 Å². The molecule has 1 heterocycles. The topological polar surface area (TPSA) is 33.7 Å². The van der Waals surface area contributed by atoms with Gasteiger partial charge in [0.05, 0.1) is 14.2 Å². The molecule has 2 aromatic rings. The first-order valence-corrected chi connectivity index (χ1v) is 8.98. The van der Waals surface area contributed by atoms with Gasteiger partial charge in [0.1, 0.15) is 11.5 Å². The molecule has 3 rings (SSSR count). The Hall–Kier alpha value is -2.20. The van der Waals surface area contributed by atoms with Gasteiger partial charge in [0.2, 0.25) is 0 Å². The zero-order chi connectivity index (χ0) is 17.6. The van der Waals surface area contributed by atoms with Gasteiger partial charge in [-0.2, -0.15) is 0 Å². The number of anilines is 1. The summed E-state index contributed by atoms with van der Waals surface area (Å²) in [5.74, 6) is 1.62. The molecular formula is C21H28N2O2. The van der Waals surface area contributed by atoms with E-state index in [-0.39, 0.29) is 0 Å². The summed E-state index contributed by atoms with van der Waals surface area (Å²) in [4.78, 5) is 2.56. The number of ether oxygens (including phenoxy) is 2. The van der Waals surface area contributed by atoms with Crippen LogP contribution in [0, 0.1) is 0 Å². The largest absolute Gasteiger partial charge is 0.497 e. The highest BCUT2D eigenvalue weighted by Crippen LogP contribution is 2.29. The Morgan fingerprint density at radius 3 is 2.36 bits per heavy atom. The van der Waals surface area contributed by atoms with Crippen LogP contribution in [0.15, 0.2) is 48.5 Å². The van der Waals surface area contributed by atoms with E-state index in [0.717, 1.165) is 30.3 Å². The lowest BCUT2D eigenvalue weighted by Gasteiger charge is -2.37.